The minimum absolute atomic E-state index is 0.710. The van der Waals surface area contributed by atoms with E-state index >= 15 is 0 Å². The van der Waals surface area contributed by atoms with Gasteiger partial charge in [-0.25, -0.2) is 9.13 Å². The third-order valence-electron chi connectivity index (χ3n) is 4.66. The van der Waals surface area contributed by atoms with Crippen molar-refractivity contribution in [3.05, 3.63) is 43.0 Å². The van der Waals surface area contributed by atoms with Crippen LogP contribution in [0, 0.1) is 0 Å². The molecule has 3 heteroatoms. The summed E-state index contributed by atoms with van der Waals surface area (Å²) in [6, 6.07) is 8.27. The Morgan fingerprint density at radius 3 is 2.12 bits per heavy atom. The standard InChI is InChI=1S/C22H35N2O/c1-3-5-6-7-8-9-10-11-12-17-23-18-19-24(20-23)21-13-15-22(16-14-21)25-4-2/h13-16,18-20H,3-12,17H2,1-2H3/q+1. The molecule has 2 aromatic rings. The quantitative estimate of drug-likeness (QED) is 0.337. The van der Waals surface area contributed by atoms with Crippen molar-refractivity contribution < 1.29 is 9.30 Å². The van der Waals surface area contributed by atoms with Gasteiger partial charge in [0.2, 0.25) is 6.33 Å². The van der Waals surface area contributed by atoms with Crippen LogP contribution in [0.1, 0.15) is 71.6 Å². The summed E-state index contributed by atoms with van der Waals surface area (Å²) in [5, 5.41) is 0. The molecule has 0 bridgehead atoms. The van der Waals surface area contributed by atoms with E-state index in [1.165, 1.54) is 63.5 Å². The van der Waals surface area contributed by atoms with Crippen molar-refractivity contribution in [2.24, 2.45) is 0 Å². The van der Waals surface area contributed by atoms with E-state index in [0.717, 1.165) is 12.3 Å². The van der Waals surface area contributed by atoms with E-state index in [1.54, 1.807) is 0 Å². The summed E-state index contributed by atoms with van der Waals surface area (Å²) in [5.41, 5.74) is 1.18. The number of aryl methyl sites for hydroxylation is 1. The Labute approximate surface area is 153 Å². The number of hydrogen-bond donors (Lipinski definition) is 0. The molecule has 0 aliphatic carbocycles. The number of imidazole rings is 1. The van der Waals surface area contributed by atoms with Crippen LogP contribution in [-0.2, 0) is 6.54 Å². The summed E-state index contributed by atoms with van der Waals surface area (Å²) in [5.74, 6) is 0.931. The summed E-state index contributed by atoms with van der Waals surface area (Å²) in [4.78, 5) is 0. The zero-order valence-corrected chi connectivity index (χ0v) is 16.1. The number of ether oxygens (including phenoxy) is 1. The molecule has 0 aliphatic rings. The predicted molar refractivity (Wildman–Crippen MR) is 104 cm³/mol. The van der Waals surface area contributed by atoms with Gasteiger partial charge < -0.3 is 4.74 Å². The lowest BCUT2D eigenvalue weighted by atomic mass is 10.1. The van der Waals surface area contributed by atoms with Crippen molar-refractivity contribution in [1.82, 2.24) is 4.57 Å². The lowest BCUT2D eigenvalue weighted by Crippen LogP contribution is -2.30. The summed E-state index contributed by atoms with van der Waals surface area (Å²) >= 11 is 0. The van der Waals surface area contributed by atoms with Crippen LogP contribution < -0.4 is 9.30 Å². The van der Waals surface area contributed by atoms with Crippen LogP contribution in [0.3, 0.4) is 0 Å². The highest BCUT2D eigenvalue weighted by Crippen LogP contribution is 2.15. The van der Waals surface area contributed by atoms with Crippen molar-refractivity contribution in [3.63, 3.8) is 0 Å². The molecule has 1 aromatic heterocycles. The van der Waals surface area contributed by atoms with Crippen LogP contribution in [0.2, 0.25) is 0 Å². The molecule has 138 valence electrons. The average Bonchev–Trinajstić information content (AvgIpc) is 3.10. The Morgan fingerprint density at radius 1 is 0.840 bits per heavy atom. The maximum Gasteiger partial charge on any atom is 0.248 e. The summed E-state index contributed by atoms with van der Waals surface area (Å²) in [6.07, 6.45) is 18.9. The molecule has 0 radical (unpaired) electrons. The topological polar surface area (TPSA) is 18.0 Å². The third kappa shape index (κ3) is 7.33. The first-order chi connectivity index (χ1) is 12.3. The molecular formula is C22H35N2O+. The number of aromatic nitrogens is 2. The second-order valence-electron chi connectivity index (χ2n) is 6.81. The van der Waals surface area contributed by atoms with Gasteiger partial charge in [0.05, 0.1) is 13.2 Å². The molecule has 0 amide bonds. The Hall–Kier alpha value is -1.77. The molecule has 1 heterocycles. The molecule has 3 nitrogen and oxygen atoms in total. The summed E-state index contributed by atoms with van der Waals surface area (Å²) < 4.78 is 9.96. The minimum Gasteiger partial charge on any atom is -0.494 e. The Morgan fingerprint density at radius 2 is 1.48 bits per heavy atom. The number of benzene rings is 1. The molecule has 25 heavy (non-hydrogen) atoms. The van der Waals surface area contributed by atoms with Gasteiger partial charge in [0.15, 0.2) is 0 Å². The fourth-order valence-corrected chi connectivity index (χ4v) is 3.17. The van der Waals surface area contributed by atoms with Crippen molar-refractivity contribution in [3.8, 4) is 11.4 Å². The molecular weight excluding hydrogens is 308 g/mol. The van der Waals surface area contributed by atoms with Crippen LogP contribution in [0.5, 0.6) is 5.75 Å². The van der Waals surface area contributed by atoms with Gasteiger partial charge in [-0.3, -0.25) is 0 Å². The largest absolute Gasteiger partial charge is 0.494 e. The van der Waals surface area contributed by atoms with E-state index in [4.69, 9.17) is 4.74 Å². The van der Waals surface area contributed by atoms with E-state index < -0.39 is 0 Å². The molecule has 1 aromatic carbocycles. The summed E-state index contributed by atoms with van der Waals surface area (Å²) in [6.45, 7) is 6.11. The molecule has 0 saturated carbocycles. The first kappa shape index (κ1) is 19.6. The molecule has 0 saturated heterocycles. The molecule has 0 unspecified atom stereocenters. The van der Waals surface area contributed by atoms with E-state index in [2.05, 4.69) is 46.9 Å². The molecule has 0 fully saturated rings. The molecule has 0 aliphatic heterocycles. The Bertz CT molecular complexity index is 574. The average molecular weight is 344 g/mol. The van der Waals surface area contributed by atoms with Gasteiger partial charge in [0, 0.05) is 0 Å². The van der Waals surface area contributed by atoms with Crippen molar-refractivity contribution >= 4 is 0 Å². The second kappa shape index (κ2) is 11.7. The van der Waals surface area contributed by atoms with E-state index in [1.807, 2.05) is 19.1 Å². The molecule has 2 rings (SSSR count). The van der Waals surface area contributed by atoms with Crippen LogP contribution in [-0.4, -0.2) is 11.2 Å². The highest BCUT2D eigenvalue weighted by molar-refractivity contribution is 5.36. The zero-order valence-electron chi connectivity index (χ0n) is 16.1. The van der Waals surface area contributed by atoms with E-state index in [9.17, 15) is 0 Å². The van der Waals surface area contributed by atoms with Crippen LogP contribution in [0.4, 0.5) is 0 Å². The minimum atomic E-state index is 0.710. The Kier molecular flexibility index (Phi) is 9.17. The highest BCUT2D eigenvalue weighted by atomic mass is 16.5. The number of unbranched alkanes of at least 4 members (excludes halogenated alkanes) is 8. The smallest absolute Gasteiger partial charge is 0.248 e. The number of hydrogen-bond acceptors (Lipinski definition) is 1. The fourth-order valence-electron chi connectivity index (χ4n) is 3.17. The van der Waals surface area contributed by atoms with E-state index in [-0.39, 0.29) is 0 Å². The lowest BCUT2D eigenvalue weighted by Gasteiger charge is -2.02. The van der Waals surface area contributed by atoms with Gasteiger partial charge in [0.25, 0.3) is 0 Å². The van der Waals surface area contributed by atoms with Crippen LogP contribution in [0.25, 0.3) is 5.69 Å². The zero-order chi connectivity index (χ0) is 17.7. The molecule has 0 N–H and O–H groups in total. The monoisotopic (exact) mass is 343 g/mol. The maximum atomic E-state index is 5.50. The Balaban J connectivity index is 1.64. The van der Waals surface area contributed by atoms with Gasteiger partial charge in [-0.05, 0) is 44.0 Å². The normalized spacial score (nSPS) is 11.0. The van der Waals surface area contributed by atoms with Gasteiger partial charge in [-0.2, -0.15) is 0 Å². The third-order valence-corrected chi connectivity index (χ3v) is 4.66. The van der Waals surface area contributed by atoms with E-state index in [0.29, 0.717) is 6.61 Å². The maximum absolute atomic E-state index is 5.50. The first-order valence-electron chi connectivity index (χ1n) is 10.1. The number of rotatable bonds is 13. The van der Waals surface area contributed by atoms with Gasteiger partial charge in [-0.1, -0.05) is 51.9 Å². The van der Waals surface area contributed by atoms with Crippen molar-refractivity contribution in [2.75, 3.05) is 6.61 Å². The lowest BCUT2D eigenvalue weighted by molar-refractivity contribution is -0.696. The van der Waals surface area contributed by atoms with Crippen molar-refractivity contribution in [2.45, 2.75) is 78.2 Å². The fraction of sp³-hybridized carbons (Fsp3) is 0.591. The van der Waals surface area contributed by atoms with Crippen LogP contribution >= 0.6 is 0 Å². The van der Waals surface area contributed by atoms with Gasteiger partial charge in [0.1, 0.15) is 23.8 Å². The number of nitrogens with zero attached hydrogens (tertiary/aromatic N) is 2. The second-order valence-corrected chi connectivity index (χ2v) is 6.81. The molecule has 0 spiro atoms. The highest BCUT2D eigenvalue weighted by Gasteiger charge is 2.06. The predicted octanol–water partition coefficient (Wildman–Crippen LogP) is 5.69. The molecule has 0 atom stereocenters. The summed E-state index contributed by atoms with van der Waals surface area (Å²) in [7, 11) is 0. The van der Waals surface area contributed by atoms with Gasteiger partial charge >= 0.3 is 0 Å². The first-order valence-corrected chi connectivity index (χ1v) is 10.1. The van der Waals surface area contributed by atoms with Gasteiger partial charge in [-0.15, -0.1) is 0 Å². The van der Waals surface area contributed by atoms with Crippen molar-refractivity contribution in [1.29, 1.82) is 0 Å². The van der Waals surface area contributed by atoms with Crippen LogP contribution in [0.15, 0.2) is 43.0 Å². The SMILES string of the molecule is CCCCCCCCCCC[n+]1ccn(-c2ccc(OCC)cc2)c1.